The third kappa shape index (κ3) is 39.4. The number of ether oxygens (including phenoxy) is 11. The third-order valence-electron chi connectivity index (χ3n) is 5.62. The standard InChI is InChI=1S/C30H63Ge2O17/c1-28(23-39-7-5-33)24-43-27-42-17-22-48-32(49-31-46-20-15-37-13-18-44-29(2)25-40-8-6-34)47-21-16-38-14-19-45-30(3)26-41-12-11-36-10-9-35-4/h28-30,33-34H,5-27H2,1-4H3. The Labute approximate surface area is 305 Å². The maximum absolute atomic E-state index is 8.77. The summed E-state index contributed by atoms with van der Waals surface area (Å²) in [5.41, 5.74) is 0. The minimum Gasteiger partial charge on any atom is -0.394 e. The van der Waals surface area contributed by atoms with E-state index in [-0.39, 0.29) is 38.1 Å². The van der Waals surface area contributed by atoms with Gasteiger partial charge in [-0.3, -0.25) is 0 Å². The van der Waals surface area contributed by atoms with Gasteiger partial charge in [0.15, 0.2) is 0 Å². The molecule has 19 heteroatoms. The fourth-order valence-electron chi connectivity index (χ4n) is 3.28. The molecular formula is C30H63Ge2O17. The predicted octanol–water partition coefficient (Wildman–Crippen LogP) is -0.260. The number of rotatable bonds is 42. The van der Waals surface area contributed by atoms with E-state index in [2.05, 4.69) is 0 Å². The van der Waals surface area contributed by atoms with Crippen LogP contribution < -0.4 is 0 Å². The third-order valence-corrected chi connectivity index (χ3v) is 11.4. The Balaban J connectivity index is 4.10. The van der Waals surface area contributed by atoms with Crippen LogP contribution in [-0.4, -0.2) is 213 Å². The van der Waals surface area contributed by atoms with Gasteiger partial charge in [-0.1, -0.05) is 0 Å². The van der Waals surface area contributed by atoms with Crippen LogP contribution in [-0.2, 0) is 66.2 Å². The molecule has 17 nitrogen and oxygen atoms in total. The zero-order valence-electron chi connectivity index (χ0n) is 30.0. The van der Waals surface area contributed by atoms with E-state index in [0.29, 0.717) is 132 Å². The van der Waals surface area contributed by atoms with Gasteiger partial charge in [0.05, 0.1) is 13.2 Å². The summed E-state index contributed by atoms with van der Waals surface area (Å²) >= 11 is -4.00. The van der Waals surface area contributed by atoms with E-state index in [9.17, 15) is 0 Å². The van der Waals surface area contributed by atoms with Crippen molar-refractivity contribution in [3.63, 3.8) is 0 Å². The van der Waals surface area contributed by atoms with E-state index >= 15 is 0 Å². The summed E-state index contributed by atoms with van der Waals surface area (Å²) in [6, 6.07) is 0. The van der Waals surface area contributed by atoms with Gasteiger partial charge in [0.1, 0.15) is 0 Å². The van der Waals surface area contributed by atoms with Gasteiger partial charge in [-0.2, -0.15) is 0 Å². The van der Waals surface area contributed by atoms with Crippen LogP contribution in [0, 0.1) is 5.92 Å². The van der Waals surface area contributed by atoms with Crippen LogP contribution in [0.4, 0.5) is 0 Å². The number of aliphatic hydroxyl groups excluding tert-OH is 2. The van der Waals surface area contributed by atoms with Gasteiger partial charge in [-0.05, 0) is 0 Å². The van der Waals surface area contributed by atoms with Crippen molar-refractivity contribution in [3.8, 4) is 0 Å². The van der Waals surface area contributed by atoms with E-state index < -0.39 is 31.5 Å². The van der Waals surface area contributed by atoms with E-state index in [4.69, 9.17) is 76.4 Å². The summed E-state index contributed by atoms with van der Waals surface area (Å²) < 4.78 is 83.0. The first-order chi connectivity index (χ1) is 24.0. The molecule has 0 heterocycles. The first kappa shape index (κ1) is 49.4. The Morgan fingerprint density at radius 2 is 0.959 bits per heavy atom. The number of methoxy groups -OCH3 is 1. The molecule has 0 bridgehead atoms. The molecule has 0 spiro atoms. The molecule has 49 heavy (non-hydrogen) atoms. The fourth-order valence-corrected chi connectivity index (χ4v) is 8.04. The topological polar surface area (TPSA) is 179 Å². The van der Waals surface area contributed by atoms with Crippen molar-refractivity contribution in [2.24, 2.45) is 5.92 Å². The first-order valence-electron chi connectivity index (χ1n) is 16.7. The van der Waals surface area contributed by atoms with Crippen molar-refractivity contribution in [3.05, 3.63) is 0 Å². The molecule has 0 aromatic rings. The molecule has 0 rings (SSSR count). The zero-order chi connectivity index (χ0) is 35.9. The van der Waals surface area contributed by atoms with Gasteiger partial charge >= 0.3 is 266 Å². The monoisotopic (exact) mass is 843 g/mol. The molecule has 3 atom stereocenters. The zero-order valence-corrected chi connectivity index (χ0v) is 34.2. The fraction of sp³-hybridized carbons (Fsp3) is 1.00. The summed E-state index contributed by atoms with van der Waals surface area (Å²) in [5.74, 6) is 0.189. The Morgan fingerprint density at radius 3 is 1.57 bits per heavy atom. The van der Waals surface area contributed by atoms with Gasteiger partial charge < -0.3 is 19.7 Å². The van der Waals surface area contributed by atoms with Crippen LogP contribution in [0.1, 0.15) is 20.8 Å². The van der Waals surface area contributed by atoms with Crippen molar-refractivity contribution in [1.29, 1.82) is 0 Å². The first-order valence-corrected chi connectivity index (χ1v) is 21.0. The number of hydrogen-bond donors (Lipinski definition) is 2. The molecule has 3 unspecified atom stereocenters. The van der Waals surface area contributed by atoms with Crippen molar-refractivity contribution in [2.45, 2.75) is 33.0 Å². The van der Waals surface area contributed by atoms with Crippen LogP contribution in [0.2, 0.25) is 0 Å². The number of hydrogen-bond acceptors (Lipinski definition) is 17. The van der Waals surface area contributed by atoms with E-state index in [1.165, 1.54) is 0 Å². The van der Waals surface area contributed by atoms with Crippen LogP contribution in [0.25, 0.3) is 0 Å². The molecule has 3 radical (unpaired) electrons. The Bertz CT molecular complexity index is 635. The molecule has 0 aromatic heterocycles. The molecular weight excluding hydrogens is 778 g/mol. The van der Waals surface area contributed by atoms with Gasteiger partial charge in [-0.25, -0.2) is 0 Å². The molecule has 0 saturated heterocycles. The normalized spacial score (nSPS) is 13.8. The Kier molecular flexibility index (Phi) is 41.5. The summed E-state index contributed by atoms with van der Waals surface area (Å²) in [6.45, 7) is 14.4. The van der Waals surface area contributed by atoms with Crippen molar-refractivity contribution < 1.29 is 76.4 Å². The molecule has 0 fully saturated rings. The van der Waals surface area contributed by atoms with Crippen molar-refractivity contribution in [2.75, 3.05) is 159 Å². The Morgan fingerprint density at radius 1 is 0.490 bits per heavy atom. The second kappa shape index (κ2) is 41.2. The average molecular weight is 841 g/mol. The summed E-state index contributed by atoms with van der Waals surface area (Å²) in [7, 11) is 1.64. The summed E-state index contributed by atoms with van der Waals surface area (Å²) in [6.07, 6.45) is -0.134. The molecule has 0 aliphatic rings. The Hall–Kier alpha value is 0.406. The average Bonchev–Trinajstić information content (AvgIpc) is 3.09. The summed E-state index contributed by atoms with van der Waals surface area (Å²) in [4.78, 5) is 0. The SMILES string of the molecule is COCCOCCOCC(C)OCCOCC[O][Ge]([O]CCOCOCC(C)COCCO)[O][Ge][O]CCOCCOC(C)COCCO. The van der Waals surface area contributed by atoms with E-state index in [1.807, 2.05) is 20.8 Å². The van der Waals surface area contributed by atoms with Crippen LogP contribution in [0.15, 0.2) is 0 Å². The van der Waals surface area contributed by atoms with E-state index in [0.717, 1.165) is 0 Å². The molecule has 0 aliphatic heterocycles. The van der Waals surface area contributed by atoms with E-state index in [1.54, 1.807) is 7.11 Å². The molecule has 0 saturated carbocycles. The maximum atomic E-state index is 8.77. The second-order valence-corrected chi connectivity index (χ2v) is 16.2. The predicted molar refractivity (Wildman–Crippen MR) is 178 cm³/mol. The number of aliphatic hydroxyl groups is 2. The van der Waals surface area contributed by atoms with Crippen LogP contribution in [0.5, 0.6) is 0 Å². The van der Waals surface area contributed by atoms with Gasteiger partial charge in [0, 0.05) is 7.11 Å². The molecule has 0 aliphatic carbocycles. The molecule has 2 N–H and O–H groups in total. The van der Waals surface area contributed by atoms with Crippen molar-refractivity contribution in [1.82, 2.24) is 0 Å². The minimum absolute atomic E-state index is 0.00368. The van der Waals surface area contributed by atoms with Gasteiger partial charge in [0.2, 0.25) is 0 Å². The van der Waals surface area contributed by atoms with Gasteiger partial charge in [0.25, 0.3) is 0 Å². The minimum atomic E-state index is -2.79. The van der Waals surface area contributed by atoms with Crippen LogP contribution >= 0.6 is 0 Å². The molecule has 0 aromatic carbocycles. The van der Waals surface area contributed by atoms with Crippen LogP contribution in [0.3, 0.4) is 0 Å². The molecule has 0 amide bonds. The summed E-state index contributed by atoms with van der Waals surface area (Å²) in [5, 5.41) is 17.5. The van der Waals surface area contributed by atoms with Gasteiger partial charge in [-0.15, -0.1) is 0 Å². The van der Waals surface area contributed by atoms with Crippen molar-refractivity contribution >= 4 is 31.5 Å². The smallest absolute Gasteiger partial charge is 0.394 e. The molecule has 293 valence electrons. The quantitative estimate of drug-likeness (QED) is 0.0466. The second-order valence-electron chi connectivity index (χ2n) is 10.3.